The molecule has 2 aromatic carbocycles. The van der Waals surface area contributed by atoms with Crippen LogP contribution in [-0.4, -0.2) is 24.9 Å². The van der Waals surface area contributed by atoms with Crippen LogP contribution in [0.2, 0.25) is 0 Å². The molecule has 32 heavy (non-hydrogen) atoms. The lowest BCUT2D eigenvalue weighted by Gasteiger charge is -2.22. The van der Waals surface area contributed by atoms with Crippen molar-refractivity contribution in [2.24, 2.45) is 0 Å². The van der Waals surface area contributed by atoms with Crippen LogP contribution in [0, 0.1) is 13.8 Å². The van der Waals surface area contributed by atoms with Gasteiger partial charge >= 0.3 is 0 Å². The van der Waals surface area contributed by atoms with Gasteiger partial charge in [0.2, 0.25) is 0 Å². The first-order valence-corrected chi connectivity index (χ1v) is 10.4. The first-order chi connectivity index (χ1) is 15.3. The zero-order valence-electron chi connectivity index (χ0n) is 18.7. The van der Waals surface area contributed by atoms with Gasteiger partial charge in [-0.1, -0.05) is 18.2 Å². The molecule has 164 valence electrons. The van der Waals surface area contributed by atoms with Crippen LogP contribution in [0.5, 0.6) is 0 Å². The van der Waals surface area contributed by atoms with E-state index in [9.17, 15) is 9.59 Å². The normalized spacial score (nSPS) is 11.0. The van der Waals surface area contributed by atoms with Gasteiger partial charge in [-0.05, 0) is 60.9 Å². The van der Waals surface area contributed by atoms with Crippen LogP contribution in [0.15, 0.2) is 74.5 Å². The van der Waals surface area contributed by atoms with Gasteiger partial charge in [-0.15, -0.1) is 0 Å². The monoisotopic (exact) mass is 430 g/mol. The number of anilines is 1. The molecule has 0 N–H and O–H groups in total. The van der Waals surface area contributed by atoms with Crippen molar-refractivity contribution in [2.45, 2.75) is 26.9 Å². The summed E-state index contributed by atoms with van der Waals surface area (Å²) in [5.41, 5.74) is 4.05. The molecule has 0 aliphatic rings. The molecule has 6 nitrogen and oxygen atoms in total. The van der Waals surface area contributed by atoms with Gasteiger partial charge in [0.1, 0.15) is 11.3 Å². The van der Waals surface area contributed by atoms with Crippen LogP contribution < -0.4 is 10.3 Å². The summed E-state index contributed by atoms with van der Waals surface area (Å²) in [6.45, 7) is 4.41. The van der Waals surface area contributed by atoms with Crippen LogP contribution >= 0.6 is 0 Å². The third kappa shape index (κ3) is 4.44. The number of hydrogen-bond donors (Lipinski definition) is 0. The van der Waals surface area contributed by atoms with Crippen molar-refractivity contribution in [3.05, 3.63) is 99.3 Å². The zero-order valence-corrected chi connectivity index (χ0v) is 18.7. The summed E-state index contributed by atoms with van der Waals surface area (Å²) < 4.78 is 11.4. The van der Waals surface area contributed by atoms with Gasteiger partial charge in [0, 0.05) is 32.4 Å². The molecule has 4 aromatic rings. The number of carbonyl (C=O) groups excluding carboxylic acids is 1. The lowest BCUT2D eigenvalue weighted by Crippen LogP contribution is -2.30. The maximum Gasteiger partial charge on any atom is 0.290 e. The van der Waals surface area contributed by atoms with Crippen molar-refractivity contribution in [3.8, 4) is 0 Å². The first-order valence-electron chi connectivity index (χ1n) is 10.4. The minimum Gasteiger partial charge on any atom is -0.467 e. The second kappa shape index (κ2) is 8.75. The molecule has 0 saturated heterocycles. The maximum atomic E-state index is 13.5. The van der Waals surface area contributed by atoms with Crippen LogP contribution in [0.3, 0.4) is 0 Å². The highest BCUT2D eigenvalue weighted by atomic mass is 16.3. The summed E-state index contributed by atoms with van der Waals surface area (Å²) >= 11 is 0. The minimum atomic E-state index is -0.364. The molecule has 0 bridgehead atoms. The van der Waals surface area contributed by atoms with Crippen LogP contribution in [0.1, 0.15) is 33.0 Å². The Morgan fingerprint density at radius 2 is 1.72 bits per heavy atom. The van der Waals surface area contributed by atoms with Gasteiger partial charge in [0.05, 0.1) is 18.2 Å². The Balaban J connectivity index is 1.70. The molecule has 0 radical (unpaired) electrons. The highest BCUT2D eigenvalue weighted by molar-refractivity contribution is 5.93. The summed E-state index contributed by atoms with van der Waals surface area (Å²) in [4.78, 5) is 29.9. The lowest BCUT2D eigenvalue weighted by molar-refractivity contribution is 0.0686. The molecule has 0 unspecified atom stereocenters. The smallest absolute Gasteiger partial charge is 0.290 e. The Morgan fingerprint density at radius 3 is 2.38 bits per heavy atom. The van der Waals surface area contributed by atoms with E-state index in [-0.39, 0.29) is 23.6 Å². The molecule has 0 spiro atoms. The Kier molecular flexibility index (Phi) is 5.86. The number of amides is 1. The van der Waals surface area contributed by atoms with Gasteiger partial charge in [0.25, 0.3) is 5.91 Å². The fourth-order valence-electron chi connectivity index (χ4n) is 3.78. The van der Waals surface area contributed by atoms with E-state index in [0.717, 1.165) is 22.4 Å². The van der Waals surface area contributed by atoms with E-state index < -0.39 is 0 Å². The quantitative estimate of drug-likeness (QED) is 0.435. The van der Waals surface area contributed by atoms with Gasteiger partial charge < -0.3 is 18.6 Å². The van der Waals surface area contributed by atoms with Crippen LogP contribution in [0.25, 0.3) is 11.0 Å². The van der Waals surface area contributed by atoms with Crippen molar-refractivity contribution < 1.29 is 13.6 Å². The van der Waals surface area contributed by atoms with Gasteiger partial charge in [-0.3, -0.25) is 9.59 Å². The SMILES string of the molecule is Cc1cc(C)c2oc(C(=O)N(Cc3ccc(N(C)C)cc3)Cc3ccco3)cc(=O)c2c1. The number of fused-ring (bicyclic) bond motifs is 1. The van der Waals surface area contributed by atoms with E-state index in [2.05, 4.69) is 0 Å². The topological polar surface area (TPSA) is 66.9 Å². The fourth-order valence-corrected chi connectivity index (χ4v) is 3.78. The standard InChI is InChI=1S/C26H26N2O4/c1-17-12-18(2)25-22(13-17)23(29)14-24(32-25)26(30)28(16-21-6-5-11-31-21)15-19-7-9-20(10-8-19)27(3)4/h5-14H,15-16H2,1-4H3. The number of rotatable bonds is 6. The lowest BCUT2D eigenvalue weighted by atomic mass is 10.1. The van der Waals surface area contributed by atoms with E-state index >= 15 is 0 Å². The van der Waals surface area contributed by atoms with E-state index in [0.29, 0.717) is 23.3 Å². The van der Waals surface area contributed by atoms with Crippen molar-refractivity contribution in [1.82, 2.24) is 4.90 Å². The van der Waals surface area contributed by atoms with E-state index in [1.54, 1.807) is 23.3 Å². The number of nitrogens with zero attached hydrogens (tertiary/aromatic N) is 2. The van der Waals surface area contributed by atoms with Gasteiger partial charge in [0.15, 0.2) is 11.2 Å². The van der Waals surface area contributed by atoms with Crippen LogP contribution in [-0.2, 0) is 13.1 Å². The third-order valence-corrected chi connectivity index (χ3v) is 5.41. The number of hydrogen-bond acceptors (Lipinski definition) is 5. The average molecular weight is 431 g/mol. The minimum absolute atomic E-state index is 0.0194. The van der Waals surface area contributed by atoms with Crippen molar-refractivity contribution in [2.75, 3.05) is 19.0 Å². The summed E-state index contributed by atoms with van der Waals surface area (Å²) in [6, 6.07) is 16.6. The maximum absolute atomic E-state index is 13.5. The molecule has 0 aliphatic heterocycles. The van der Waals surface area contributed by atoms with Crippen molar-refractivity contribution >= 4 is 22.6 Å². The molecule has 0 aliphatic carbocycles. The molecule has 4 rings (SSSR count). The number of benzene rings is 2. The number of aryl methyl sites for hydroxylation is 2. The molecule has 0 atom stereocenters. The predicted octanol–water partition coefficient (Wildman–Crippen LogP) is 4.91. The fraction of sp³-hybridized carbons (Fsp3) is 0.231. The van der Waals surface area contributed by atoms with E-state index in [4.69, 9.17) is 8.83 Å². The largest absolute Gasteiger partial charge is 0.467 e. The summed E-state index contributed by atoms with van der Waals surface area (Å²) in [5, 5.41) is 0.482. The number of furan rings is 1. The molecular weight excluding hydrogens is 404 g/mol. The third-order valence-electron chi connectivity index (χ3n) is 5.41. The molecular formula is C26H26N2O4. The number of carbonyl (C=O) groups is 1. The molecule has 6 heteroatoms. The summed E-state index contributed by atoms with van der Waals surface area (Å²) in [5.74, 6) is 0.307. The average Bonchev–Trinajstić information content (AvgIpc) is 3.27. The van der Waals surface area contributed by atoms with Crippen molar-refractivity contribution in [1.29, 1.82) is 0 Å². The first kappa shape index (κ1) is 21.4. The van der Waals surface area contributed by atoms with Crippen molar-refractivity contribution in [3.63, 3.8) is 0 Å². The second-order valence-electron chi connectivity index (χ2n) is 8.23. The highest BCUT2D eigenvalue weighted by Gasteiger charge is 2.22. The van der Waals surface area contributed by atoms with E-state index in [1.807, 2.05) is 69.2 Å². The molecule has 2 aromatic heterocycles. The van der Waals surface area contributed by atoms with E-state index in [1.165, 1.54) is 6.07 Å². The molecule has 1 amide bonds. The summed E-state index contributed by atoms with van der Waals surface area (Å²) in [6.07, 6.45) is 1.58. The predicted molar refractivity (Wildman–Crippen MR) is 125 cm³/mol. The Labute approximate surface area is 186 Å². The Morgan fingerprint density at radius 1 is 0.969 bits per heavy atom. The molecule has 2 heterocycles. The van der Waals surface area contributed by atoms with Gasteiger partial charge in [-0.25, -0.2) is 0 Å². The second-order valence-corrected chi connectivity index (χ2v) is 8.23. The van der Waals surface area contributed by atoms with Crippen LogP contribution in [0.4, 0.5) is 5.69 Å². The van der Waals surface area contributed by atoms with Gasteiger partial charge in [-0.2, -0.15) is 0 Å². The summed E-state index contributed by atoms with van der Waals surface area (Å²) in [7, 11) is 3.96. The Hall–Kier alpha value is -3.80. The Bertz CT molecular complexity index is 1300. The molecule has 0 fully saturated rings. The highest BCUT2D eigenvalue weighted by Crippen LogP contribution is 2.22. The molecule has 0 saturated carbocycles. The zero-order chi connectivity index (χ0) is 22.8.